The Morgan fingerprint density at radius 3 is 2.69 bits per heavy atom. The number of carbonyl (C=O) groups is 2. The van der Waals surface area contributed by atoms with Gasteiger partial charge in [0.25, 0.3) is 0 Å². The van der Waals surface area contributed by atoms with Crippen molar-refractivity contribution in [2.45, 2.75) is 39.2 Å². The summed E-state index contributed by atoms with van der Waals surface area (Å²) in [5.74, 6) is -0.763. The molecule has 1 saturated heterocycles. The van der Waals surface area contributed by atoms with E-state index in [1.54, 1.807) is 33.1 Å². The van der Waals surface area contributed by atoms with Gasteiger partial charge in [-0.1, -0.05) is 0 Å². The number of carboxylic acids is 1. The zero-order valence-electron chi connectivity index (χ0n) is 15.0. The molecule has 26 heavy (non-hydrogen) atoms. The second-order valence-electron chi connectivity index (χ2n) is 6.52. The first-order valence-corrected chi connectivity index (χ1v) is 8.47. The van der Waals surface area contributed by atoms with Gasteiger partial charge in [0, 0.05) is 17.5 Å². The minimum Gasteiger partial charge on any atom is -0.496 e. The summed E-state index contributed by atoms with van der Waals surface area (Å²) in [6.07, 6.45) is 0.914. The summed E-state index contributed by atoms with van der Waals surface area (Å²) < 4.78 is 10.7. The molecule has 0 bridgehead atoms. The predicted octanol–water partition coefficient (Wildman–Crippen LogP) is 2.04. The molecule has 1 fully saturated rings. The number of amides is 1. The predicted molar refractivity (Wildman–Crippen MR) is 94.6 cm³/mol. The van der Waals surface area contributed by atoms with Crippen molar-refractivity contribution in [3.05, 3.63) is 39.2 Å². The summed E-state index contributed by atoms with van der Waals surface area (Å²) in [6.45, 7) is 3.96. The molecule has 7 heteroatoms. The molecule has 2 aromatic rings. The zero-order valence-corrected chi connectivity index (χ0v) is 15.0. The molecule has 0 saturated carbocycles. The van der Waals surface area contributed by atoms with E-state index in [2.05, 4.69) is 0 Å². The van der Waals surface area contributed by atoms with Crippen LogP contribution in [0, 0.1) is 13.8 Å². The summed E-state index contributed by atoms with van der Waals surface area (Å²) >= 11 is 0. The number of rotatable bonds is 4. The fraction of sp³-hybridized carbons (Fsp3) is 0.421. The molecule has 1 amide bonds. The Hall–Kier alpha value is -2.83. The monoisotopic (exact) mass is 359 g/mol. The van der Waals surface area contributed by atoms with Crippen molar-refractivity contribution in [2.24, 2.45) is 0 Å². The number of carbonyl (C=O) groups excluding carboxylic acids is 1. The molecule has 1 aromatic carbocycles. The summed E-state index contributed by atoms with van der Waals surface area (Å²) in [4.78, 5) is 37.7. The van der Waals surface area contributed by atoms with Crippen LogP contribution in [0.3, 0.4) is 0 Å². The van der Waals surface area contributed by atoms with E-state index in [1.807, 2.05) is 0 Å². The maximum atomic E-state index is 12.6. The first-order valence-electron chi connectivity index (χ1n) is 8.47. The second kappa shape index (κ2) is 6.82. The highest BCUT2D eigenvalue weighted by Gasteiger charge is 2.34. The molecule has 2 heterocycles. The lowest BCUT2D eigenvalue weighted by molar-refractivity contribution is -0.148. The molecular weight excluding hydrogens is 338 g/mol. The second-order valence-corrected chi connectivity index (χ2v) is 6.52. The van der Waals surface area contributed by atoms with Crippen LogP contribution in [0.25, 0.3) is 11.0 Å². The van der Waals surface area contributed by atoms with E-state index in [1.165, 1.54) is 4.90 Å². The van der Waals surface area contributed by atoms with Gasteiger partial charge in [0.05, 0.1) is 19.1 Å². The minimum absolute atomic E-state index is 0.168. The number of nitrogens with zero attached hydrogens (tertiary/aromatic N) is 1. The van der Waals surface area contributed by atoms with E-state index < -0.39 is 17.6 Å². The van der Waals surface area contributed by atoms with Crippen molar-refractivity contribution < 1.29 is 23.8 Å². The summed E-state index contributed by atoms with van der Waals surface area (Å²) in [6, 6.07) is 2.77. The van der Waals surface area contributed by atoms with Gasteiger partial charge in [-0.2, -0.15) is 0 Å². The number of carboxylic acid groups (broad SMARTS) is 1. The molecule has 0 aliphatic carbocycles. The molecule has 1 aromatic heterocycles. The van der Waals surface area contributed by atoms with Crippen LogP contribution in [0.1, 0.15) is 29.5 Å². The van der Waals surface area contributed by atoms with E-state index in [-0.39, 0.29) is 17.9 Å². The molecule has 0 radical (unpaired) electrons. The first kappa shape index (κ1) is 18.0. The first-order chi connectivity index (χ1) is 12.3. The van der Waals surface area contributed by atoms with Gasteiger partial charge < -0.3 is 19.2 Å². The molecule has 1 unspecified atom stereocenters. The number of benzene rings is 1. The molecule has 3 rings (SSSR count). The number of aryl methyl sites for hydroxylation is 2. The van der Waals surface area contributed by atoms with Crippen LogP contribution >= 0.6 is 0 Å². The Balaban J connectivity index is 2.00. The Bertz CT molecular complexity index is 945. The maximum Gasteiger partial charge on any atom is 0.340 e. The van der Waals surface area contributed by atoms with Crippen LogP contribution in [-0.4, -0.2) is 41.6 Å². The van der Waals surface area contributed by atoms with Gasteiger partial charge in [-0.25, -0.2) is 9.59 Å². The Morgan fingerprint density at radius 2 is 2.04 bits per heavy atom. The standard InChI is InChI=1S/C19H21NO6/c1-10-12-6-7-15(25-3)11(2)17(12)26-19(24)13(10)9-16(21)20-8-4-5-14(20)18(22)23/h6-7,14H,4-5,8-9H2,1-3H3,(H,22,23). The number of aliphatic carboxylic acids is 1. The van der Waals surface area contributed by atoms with Crippen LogP contribution in [0.5, 0.6) is 5.75 Å². The van der Waals surface area contributed by atoms with Crippen LogP contribution < -0.4 is 10.4 Å². The molecule has 1 atom stereocenters. The number of methoxy groups -OCH3 is 1. The number of likely N-dealkylation sites (tertiary alicyclic amines) is 1. The van der Waals surface area contributed by atoms with Gasteiger partial charge in [-0.15, -0.1) is 0 Å². The normalized spacial score (nSPS) is 16.9. The molecule has 138 valence electrons. The fourth-order valence-corrected chi connectivity index (χ4v) is 3.57. The van der Waals surface area contributed by atoms with E-state index >= 15 is 0 Å². The Kier molecular flexibility index (Phi) is 4.71. The molecular formula is C19H21NO6. The van der Waals surface area contributed by atoms with Crippen molar-refractivity contribution in [3.8, 4) is 5.75 Å². The molecule has 1 aliphatic rings. The number of ether oxygens (including phenoxy) is 1. The third kappa shape index (κ3) is 2.94. The Labute approximate surface area is 150 Å². The molecule has 1 N–H and O–H groups in total. The van der Waals surface area contributed by atoms with Gasteiger partial charge >= 0.3 is 11.6 Å². The third-order valence-electron chi connectivity index (χ3n) is 5.06. The highest BCUT2D eigenvalue weighted by Crippen LogP contribution is 2.29. The number of hydrogen-bond donors (Lipinski definition) is 1. The minimum atomic E-state index is -1.01. The van der Waals surface area contributed by atoms with Crippen LogP contribution in [0.15, 0.2) is 21.3 Å². The quantitative estimate of drug-likeness (QED) is 0.839. The van der Waals surface area contributed by atoms with Crippen LogP contribution in [0.4, 0.5) is 0 Å². The van der Waals surface area contributed by atoms with Crippen molar-refractivity contribution in [2.75, 3.05) is 13.7 Å². The average Bonchev–Trinajstić information content (AvgIpc) is 3.09. The lowest BCUT2D eigenvalue weighted by Gasteiger charge is -2.21. The summed E-state index contributed by atoms with van der Waals surface area (Å²) in [5, 5.41) is 9.98. The Morgan fingerprint density at radius 1 is 1.31 bits per heavy atom. The lowest BCUT2D eigenvalue weighted by atomic mass is 10.0. The smallest absolute Gasteiger partial charge is 0.340 e. The van der Waals surface area contributed by atoms with E-state index in [4.69, 9.17) is 9.15 Å². The van der Waals surface area contributed by atoms with E-state index in [0.717, 1.165) is 5.39 Å². The SMILES string of the molecule is COc1ccc2c(C)c(CC(=O)N3CCCC3C(=O)O)c(=O)oc2c1C. The van der Waals surface area contributed by atoms with Crippen LogP contribution in [-0.2, 0) is 16.0 Å². The topological polar surface area (TPSA) is 97.0 Å². The van der Waals surface area contributed by atoms with Crippen LogP contribution in [0.2, 0.25) is 0 Å². The van der Waals surface area contributed by atoms with Gasteiger partial charge in [-0.05, 0) is 44.4 Å². The third-order valence-corrected chi connectivity index (χ3v) is 5.06. The lowest BCUT2D eigenvalue weighted by Crippen LogP contribution is -2.41. The molecule has 1 aliphatic heterocycles. The summed E-state index contributed by atoms with van der Waals surface area (Å²) in [5.41, 5.74) is 1.51. The summed E-state index contributed by atoms with van der Waals surface area (Å²) in [7, 11) is 1.54. The molecule has 7 nitrogen and oxygen atoms in total. The highest BCUT2D eigenvalue weighted by molar-refractivity contribution is 5.89. The van der Waals surface area contributed by atoms with E-state index in [9.17, 15) is 19.5 Å². The number of fused-ring (bicyclic) bond motifs is 1. The fourth-order valence-electron chi connectivity index (χ4n) is 3.57. The van der Waals surface area contributed by atoms with Crippen molar-refractivity contribution in [1.29, 1.82) is 0 Å². The van der Waals surface area contributed by atoms with Gasteiger partial charge in [-0.3, -0.25) is 4.79 Å². The highest BCUT2D eigenvalue weighted by atomic mass is 16.5. The average molecular weight is 359 g/mol. The van der Waals surface area contributed by atoms with Crippen molar-refractivity contribution in [1.82, 2.24) is 4.90 Å². The van der Waals surface area contributed by atoms with Gasteiger partial charge in [0.15, 0.2) is 0 Å². The van der Waals surface area contributed by atoms with Crippen molar-refractivity contribution >= 4 is 22.8 Å². The van der Waals surface area contributed by atoms with Gasteiger partial charge in [0.2, 0.25) is 5.91 Å². The van der Waals surface area contributed by atoms with E-state index in [0.29, 0.717) is 41.8 Å². The van der Waals surface area contributed by atoms with Crippen molar-refractivity contribution in [3.63, 3.8) is 0 Å². The zero-order chi connectivity index (χ0) is 19.0. The largest absolute Gasteiger partial charge is 0.496 e. The maximum absolute atomic E-state index is 12.6. The number of hydrogen-bond acceptors (Lipinski definition) is 5. The van der Waals surface area contributed by atoms with Gasteiger partial charge in [0.1, 0.15) is 17.4 Å². The molecule has 0 spiro atoms.